The first-order valence-corrected chi connectivity index (χ1v) is 10.0. The summed E-state index contributed by atoms with van der Waals surface area (Å²) in [6.45, 7) is -0.521. The molecule has 0 saturated carbocycles. The minimum atomic E-state index is -1.58. The van der Waals surface area contributed by atoms with Crippen molar-refractivity contribution in [2.45, 2.75) is 43.8 Å². The summed E-state index contributed by atoms with van der Waals surface area (Å²) in [6, 6.07) is 1.11. The molecule has 3 unspecified atom stereocenters. The zero-order valence-electron chi connectivity index (χ0n) is 18.0. The lowest BCUT2D eigenvalue weighted by molar-refractivity contribution is -0.143. The molecule has 0 aliphatic rings. The smallest absolute Gasteiger partial charge is 0.326 e. The van der Waals surface area contributed by atoms with Gasteiger partial charge in [-0.15, -0.1) is 0 Å². The maximum atomic E-state index is 12.8. The molecule has 0 spiro atoms. The average Bonchev–Trinajstić information content (AvgIpc) is 2.76. The summed E-state index contributed by atoms with van der Waals surface area (Å²) in [4.78, 5) is 70.8. The number of primary amides is 1. The molecule has 1 aromatic carbocycles. The first-order chi connectivity index (χ1) is 15.9. The molecule has 0 fully saturated rings. The normalized spacial score (nSPS) is 13.1. The number of aliphatic carboxylic acids is 2. The van der Waals surface area contributed by atoms with E-state index in [0.29, 0.717) is 5.56 Å². The summed E-state index contributed by atoms with van der Waals surface area (Å²) < 4.78 is 0. The van der Waals surface area contributed by atoms with Gasteiger partial charge in [0.1, 0.15) is 23.9 Å². The number of rotatable bonds is 14. The van der Waals surface area contributed by atoms with Gasteiger partial charge in [0.2, 0.25) is 23.6 Å². The Balaban J connectivity index is 3.02. The van der Waals surface area contributed by atoms with Crippen molar-refractivity contribution in [3.8, 4) is 5.75 Å². The maximum absolute atomic E-state index is 12.8. The summed E-state index contributed by atoms with van der Waals surface area (Å²) in [7, 11) is 0. The number of nitrogens with one attached hydrogen (secondary N) is 3. The topological polar surface area (TPSA) is 251 Å². The number of phenols is 1. The van der Waals surface area contributed by atoms with Crippen LogP contribution in [0.4, 0.5) is 0 Å². The molecule has 0 radical (unpaired) electrons. The van der Waals surface area contributed by atoms with Crippen LogP contribution in [0.1, 0.15) is 24.8 Å². The van der Waals surface area contributed by atoms with E-state index in [0.717, 1.165) is 0 Å². The number of benzene rings is 1. The molecule has 0 aliphatic carbocycles. The lowest BCUT2D eigenvalue weighted by Gasteiger charge is -2.24. The van der Waals surface area contributed by atoms with Crippen molar-refractivity contribution in [3.63, 3.8) is 0 Å². The molecule has 4 amide bonds. The Bertz CT molecular complexity index is 920. The van der Waals surface area contributed by atoms with E-state index in [1.165, 1.54) is 24.3 Å². The van der Waals surface area contributed by atoms with Crippen LogP contribution >= 0.6 is 0 Å². The van der Waals surface area contributed by atoms with Crippen molar-refractivity contribution in [3.05, 3.63) is 29.8 Å². The number of nitrogens with two attached hydrogens (primary N) is 2. The van der Waals surface area contributed by atoms with Crippen molar-refractivity contribution < 1.29 is 44.1 Å². The number of carbonyl (C=O) groups is 6. The van der Waals surface area contributed by atoms with E-state index in [-0.39, 0.29) is 25.0 Å². The molecule has 14 nitrogen and oxygen atoms in total. The predicted octanol–water partition coefficient (Wildman–Crippen LogP) is -2.83. The average molecular weight is 481 g/mol. The third-order valence-electron chi connectivity index (χ3n) is 4.52. The predicted molar refractivity (Wildman–Crippen MR) is 115 cm³/mol. The highest BCUT2D eigenvalue weighted by Crippen LogP contribution is 2.12. The second kappa shape index (κ2) is 13.4. The lowest BCUT2D eigenvalue weighted by Crippen LogP contribution is -2.57. The molecule has 3 atom stereocenters. The molecule has 0 heterocycles. The number of aromatic hydroxyl groups is 1. The number of hydrogen-bond donors (Lipinski definition) is 8. The van der Waals surface area contributed by atoms with Crippen molar-refractivity contribution in [1.29, 1.82) is 0 Å². The standard InChI is InChI=1S/C20H27N5O9/c21-9-16(28)23-13(8-17(29)30)19(32)24-12(5-6-15(22)27)18(31)25-14(20(33)34)7-10-1-3-11(26)4-2-10/h1-4,12-14,26H,5-9,21H2,(H2,22,27)(H,23,28)(H,24,32)(H,25,31)(H,29,30)(H,33,34). The third-order valence-corrected chi connectivity index (χ3v) is 4.52. The molecule has 10 N–H and O–H groups in total. The summed E-state index contributed by atoms with van der Waals surface area (Å²) in [6.07, 6.45) is -1.65. The van der Waals surface area contributed by atoms with Gasteiger partial charge in [-0.3, -0.25) is 24.0 Å². The van der Waals surface area contributed by atoms with Crippen LogP contribution in [0, 0.1) is 0 Å². The van der Waals surface area contributed by atoms with E-state index in [1.54, 1.807) is 0 Å². The zero-order chi connectivity index (χ0) is 25.8. The Hall–Kier alpha value is -4.20. The highest BCUT2D eigenvalue weighted by molar-refractivity contribution is 5.95. The molecule has 0 bridgehead atoms. The molecule has 186 valence electrons. The van der Waals surface area contributed by atoms with Crippen LogP contribution in [0.15, 0.2) is 24.3 Å². The minimum absolute atomic E-state index is 0.0356. The first-order valence-electron chi connectivity index (χ1n) is 10.0. The monoisotopic (exact) mass is 481 g/mol. The molecular formula is C20H27N5O9. The molecule has 1 rings (SSSR count). The SMILES string of the molecule is NCC(=O)NC(CC(=O)O)C(=O)NC(CCC(N)=O)C(=O)NC(Cc1ccc(O)cc1)C(=O)O. The van der Waals surface area contributed by atoms with Gasteiger partial charge in [0.15, 0.2) is 0 Å². The Morgan fingerprint density at radius 3 is 1.91 bits per heavy atom. The van der Waals surface area contributed by atoms with E-state index in [1.807, 2.05) is 0 Å². The van der Waals surface area contributed by atoms with Crippen molar-refractivity contribution >= 4 is 35.6 Å². The highest BCUT2D eigenvalue weighted by Gasteiger charge is 2.30. The number of amides is 4. The van der Waals surface area contributed by atoms with E-state index < -0.39 is 66.7 Å². The van der Waals surface area contributed by atoms with Crippen LogP contribution in [0.25, 0.3) is 0 Å². The summed E-state index contributed by atoms with van der Waals surface area (Å²) in [5, 5.41) is 34.4. The van der Waals surface area contributed by atoms with Gasteiger partial charge in [-0.1, -0.05) is 12.1 Å². The molecule has 0 saturated heterocycles. The van der Waals surface area contributed by atoms with Gasteiger partial charge >= 0.3 is 11.9 Å². The second-order valence-corrected chi connectivity index (χ2v) is 7.26. The first kappa shape index (κ1) is 27.8. The molecule has 1 aromatic rings. The van der Waals surface area contributed by atoms with E-state index in [9.17, 15) is 39.0 Å². The van der Waals surface area contributed by atoms with Gasteiger partial charge in [0, 0.05) is 12.8 Å². The number of hydrogen-bond acceptors (Lipinski definition) is 8. The van der Waals surface area contributed by atoms with Gasteiger partial charge in [-0.05, 0) is 24.1 Å². The van der Waals surface area contributed by atoms with E-state index in [2.05, 4.69) is 16.0 Å². The van der Waals surface area contributed by atoms with Gasteiger partial charge in [-0.2, -0.15) is 0 Å². The second-order valence-electron chi connectivity index (χ2n) is 7.26. The van der Waals surface area contributed by atoms with Crippen LogP contribution in [0.5, 0.6) is 5.75 Å². The third kappa shape index (κ3) is 9.95. The van der Waals surface area contributed by atoms with Gasteiger partial charge in [-0.25, -0.2) is 4.79 Å². The fraction of sp³-hybridized carbons (Fsp3) is 0.400. The number of carboxylic acid groups (broad SMARTS) is 2. The van der Waals surface area contributed by atoms with Crippen LogP contribution in [0.3, 0.4) is 0 Å². The number of carboxylic acids is 2. The molecule has 0 aromatic heterocycles. The van der Waals surface area contributed by atoms with Crippen molar-refractivity contribution in [2.24, 2.45) is 11.5 Å². The number of carbonyl (C=O) groups excluding carboxylic acids is 4. The molecular weight excluding hydrogens is 454 g/mol. The van der Waals surface area contributed by atoms with Crippen LogP contribution in [0.2, 0.25) is 0 Å². The maximum Gasteiger partial charge on any atom is 0.326 e. The Labute approximate surface area is 193 Å². The summed E-state index contributed by atoms with van der Waals surface area (Å²) in [5.41, 5.74) is 10.7. The van der Waals surface area contributed by atoms with Crippen LogP contribution in [-0.2, 0) is 35.2 Å². The van der Waals surface area contributed by atoms with Gasteiger partial charge in [0.25, 0.3) is 0 Å². The zero-order valence-corrected chi connectivity index (χ0v) is 18.0. The quantitative estimate of drug-likeness (QED) is 0.135. The fourth-order valence-corrected chi connectivity index (χ4v) is 2.80. The highest BCUT2D eigenvalue weighted by atomic mass is 16.4. The van der Waals surface area contributed by atoms with Gasteiger partial charge < -0.3 is 42.7 Å². The summed E-state index contributed by atoms with van der Waals surface area (Å²) >= 11 is 0. The fourth-order valence-electron chi connectivity index (χ4n) is 2.80. The van der Waals surface area contributed by atoms with Crippen LogP contribution < -0.4 is 27.4 Å². The van der Waals surface area contributed by atoms with Crippen molar-refractivity contribution in [2.75, 3.05) is 6.54 Å². The van der Waals surface area contributed by atoms with Crippen molar-refractivity contribution in [1.82, 2.24) is 16.0 Å². The van der Waals surface area contributed by atoms with Gasteiger partial charge in [0.05, 0.1) is 13.0 Å². The largest absolute Gasteiger partial charge is 0.508 e. The molecule has 0 aliphatic heterocycles. The Morgan fingerprint density at radius 1 is 0.853 bits per heavy atom. The molecule has 34 heavy (non-hydrogen) atoms. The minimum Gasteiger partial charge on any atom is -0.508 e. The number of phenolic OH excluding ortho intramolecular Hbond substituents is 1. The van der Waals surface area contributed by atoms with Crippen LogP contribution in [-0.4, -0.2) is 75.6 Å². The Morgan fingerprint density at radius 2 is 1.41 bits per heavy atom. The van der Waals surface area contributed by atoms with E-state index in [4.69, 9.17) is 16.6 Å². The molecule has 14 heteroatoms. The van der Waals surface area contributed by atoms with E-state index >= 15 is 0 Å². The summed E-state index contributed by atoms with van der Waals surface area (Å²) in [5.74, 6) is -6.49. The lowest BCUT2D eigenvalue weighted by atomic mass is 10.0. The Kier molecular flexibility index (Phi) is 10.9.